The number of benzene rings is 1. The van der Waals surface area contributed by atoms with Gasteiger partial charge in [-0.05, 0) is 40.4 Å². The molecule has 2 heterocycles. The zero-order valence-electron chi connectivity index (χ0n) is 19.3. The van der Waals surface area contributed by atoms with Gasteiger partial charge in [0, 0.05) is 37.1 Å². The molecule has 180 valence electrons. The summed E-state index contributed by atoms with van der Waals surface area (Å²) in [6, 6.07) is 12.3. The predicted octanol–water partition coefficient (Wildman–Crippen LogP) is 2.37. The van der Waals surface area contributed by atoms with Crippen molar-refractivity contribution in [1.82, 2.24) is 25.0 Å². The van der Waals surface area contributed by atoms with E-state index in [1.807, 2.05) is 37.3 Å². The molecule has 0 radical (unpaired) electrons. The number of likely N-dealkylation sites (N-methyl/N-ethyl adjacent to an activating group) is 1. The molecule has 0 aliphatic heterocycles. The summed E-state index contributed by atoms with van der Waals surface area (Å²) in [7, 11) is 1.68. The number of nitrogens with zero attached hydrogens (tertiary/aromatic N) is 3. The molecular formula is C24H29BrN6O3. The van der Waals surface area contributed by atoms with Crippen molar-refractivity contribution in [2.45, 2.75) is 38.8 Å². The number of hydrogen-bond donors (Lipinski definition) is 3. The number of nitrogens with two attached hydrogens (primary N) is 1. The molecule has 3 aromatic rings. The van der Waals surface area contributed by atoms with Crippen LogP contribution in [0.4, 0.5) is 5.82 Å². The number of anilines is 1. The van der Waals surface area contributed by atoms with Crippen molar-refractivity contribution in [1.29, 1.82) is 0 Å². The lowest BCUT2D eigenvalue weighted by Crippen LogP contribution is -2.46. The molecule has 2 aromatic heterocycles. The number of halogens is 1. The summed E-state index contributed by atoms with van der Waals surface area (Å²) in [5.41, 5.74) is 7.47. The second-order valence-corrected chi connectivity index (χ2v) is 9.06. The van der Waals surface area contributed by atoms with Crippen molar-refractivity contribution >= 4 is 33.6 Å². The summed E-state index contributed by atoms with van der Waals surface area (Å²) < 4.78 is 2.09. The summed E-state index contributed by atoms with van der Waals surface area (Å²) in [4.78, 5) is 42.2. The molecule has 1 aromatic carbocycles. The Morgan fingerprint density at radius 2 is 2.00 bits per heavy atom. The molecule has 34 heavy (non-hydrogen) atoms. The van der Waals surface area contributed by atoms with Crippen LogP contribution in [0.25, 0.3) is 0 Å². The number of aryl methyl sites for hydroxylation is 1. The smallest absolute Gasteiger partial charge is 0.251 e. The number of carbonyl (C=O) groups is 2. The van der Waals surface area contributed by atoms with Crippen LogP contribution < -0.4 is 16.6 Å². The molecule has 9 nitrogen and oxygen atoms in total. The first kappa shape index (κ1) is 25.2. The Labute approximate surface area is 206 Å². The molecule has 0 aliphatic carbocycles. The predicted molar refractivity (Wildman–Crippen MR) is 134 cm³/mol. The van der Waals surface area contributed by atoms with E-state index in [1.165, 1.54) is 10.7 Å². The fourth-order valence-electron chi connectivity index (χ4n) is 3.65. The van der Waals surface area contributed by atoms with Gasteiger partial charge in [0.2, 0.25) is 11.5 Å². The highest BCUT2D eigenvalue weighted by atomic mass is 79.9. The van der Waals surface area contributed by atoms with Gasteiger partial charge in [-0.25, -0.2) is 0 Å². The molecular weight excluding hydrogens is 500 g/mol. The lowest BCUT2D eigenvalue weighted by molar-refractivity contribution is -0.131. The number of hydrogen-bond acceptors (Lipinski definition) is 5. The third kappa shape index (κ3) is 7.05. The zero-order valence-corrected chi connectivity index (χ0v) is 20.8. The molecule has 0 spiro atoms. The first-order valence-electron chi connectivity index (χ1n) is 11.1. The van der Waals surface area contributed by atoms with E-state index in [-0.39, 0.29) is 36.5 Å². The molecule has 0 saturated carbocycles. The Bertz CT molecular complexity index is 1170. The van der Waals surface area contributed by atoms with Crippen LogP contribution in [-0.2, 0) is 24.2 Å². The largest absolute Gasteiger partial charge is 0.381 e. The van der Waals surface area contributed by atoms with E-state index in [0.29, 0.717) is 28.7 Å². The number of aromatic amines is 1. The van der Waals surface area contributed by atoms with Gasteiger partial charge in [-0.15, -0.1) is 0 Å². The Hall–Kier alpha value is -3.40. The zero-order chi connectivity index (χ0) is 24.7. The van der Waals surface area contributed by atoms with Gasteiger partial charge < -0.3 is 20.9 Å². The molecule has 2 amide bonds. The Morgan fingerprint density at radius 1 is 1.26 bits per heavy atom. The average Bonchev–Trinajstić information content (AvgIpc) is 3.10. The van der Waals surface area contributed by atoms with Gasteiger partial charge in [0.25, 0.3) is 5.91 Å². The summed E-state index contributed by atoms with van der Waals surface area (Å²) in [6.45, 7) is 2.30. The van der Waals surface area contributed by atoms with Gasteiger partial charge in [0.15, 0.2) is 5.82 Å². The fourth-order valence-corrected chi connectivity index (χ4v) is 3.97. The molecule has 0 bridgehead atoms. The lowest BCUT2D eigenvalue weighted by Gasteiger charge is -2.25. The fraction of sp³-hybridized carbons (Fsp3) is 0.333. The molecule has 4 N–H and O–H groups in total. The van der Waals surface area contributed by atoms with Crippen molar-refractivity contribution < 1.29 is 9.59 Å². The highest BCUT2D eigenvalue weighted by Gasteiger charge is 2.20. The van der Waals surface area contributed by atoms with E-state index in [0.717, 1.165) is 17.7 Å². The normalized spacial score (nSPS) is 11.7. The first-order valence-corrected chi connectivity index (χ1v) is 11.8. The van der Waals surface area contributed by atoms with Crippen LogP contribution in [0.1, 0.15) is 35.0 Å². The summed E-state index contributed by atoms with van der Waals surface area (Å²) in [5.74, 6) is -0.220. The third-order valence-corrected chi connectivity index (χ3v) is 5.91. The van der Waals surface area contributed by atoms with E-state index in [1.54, 1.807) is 24.2 Å². The second-order valence-electron chi connectivity index (χ2n) is 8.20. The van der Waals surface area contributed by atoms with Gasteiger partial charge >= 0.3 is 0 Å². The molecule has 1 atom stereocenters. The number of pyridine rings is 1. The van der Waals surface area contributed by atoms with Gasteiger partial charge in [-0.3, -0.25) is 19.1 Å². The van der Waals surface area contributed by atoms with E-state index in [2.05, 4.69) is 31.3 Å². The average molecular weight is 529 g/mol. The Morgan fingerprint density at radius 3 is 2.65 bits per heavy atom. The number of nitrogen functional groups attached to an aromatic ring is 1. The molecule has 0 aliphatic rings. The van der Waals surface area contributed by atoms with Crippen LogP contribution in [0.5, 0.6) is 0 Å². The number of rotatable bonds is 10. The van der Waals surface area contributed by atoms with Gasteiger partial charge in [-0.2, -0.15) is 5.10 Å². The second kappa shape index (κ2) is 11.6. The van der Waals surface area contributed by atoms with Crippen LogP contribution in [0.2, 0.25) is 0 Å². The van der Waals surface area contributed by atoms with Crippen molar-refractivity contribution in [2.75, 3.05) is 19.3 Å². The lowest BCUT2D eigenvalue weighted by atomic mass is 10.0. The van der Waals surface area contributed by atoms with Gasteiger partial charge in [0.05, 0.1) is 10.5 Å². The number of amides is 2. The number of carbonyl (C=O) groups excluding carboxylic acids is 2. The Kier molecular flexibility index (Phi) is 8.64. The van der Waals surface area contributed by atoms with Crippen LogP contribution in [0.3, 0.4) is 0 Å². The SMILES string of the molecule is CCCc1cc(C(=O)NC(Cc2ccccc2)CN(C)C(=O)Cn2cc(Br)c(N)n2)cc(=O)[nH]1. The third-order valence-electron chi connectivity index (χ3n) is 5.30. The van der Waals surface area contributed by atoms with Gasteiger partial charge in [0.1, 0.15) is 6.54 Å². The van der Waals surface area contributed by atoms with E-state index in [9.17, 15) is 14.4 Å². The standard InChI is InChI=1S/C24H29BrN6O3/c1-3-7-18-11-17(12-21(32)27-18)24(34)28-19(10-16-8-5-4-6-9-16)13-30(2)22(33)15-31-14-20(25)23(26)29-31/h4-6,8-9,11-12,14,19H,3,7,10,13,15H2,1-2H3,(H2,26,29)(H,27,32)(H,28,34). The highest BCUT2D eigenvalue weighted by molar-refractivity contribution is 9.10. The van der Waals surface area contributed by atoms with Crippen molar-refractivity contribution in [3.05, 3.63) is 80.3 Å². The molecule has 3 rings (SSSR count). The summed E-state index contributed by atoms with van der Waals surface area (Å²) >= 11 is 3.28. The van der Waals surface area contributed by atoms with Gasteiger partial charge in [-0.1, -0.05) is 43.7 Å². The molecule has 0 saturated heterocycles. The number of aromatic nitrogens is 3. The maximum absolute atomic E-state index is 13.0. The minimum absolute atomic E-state index is 0.0206. The van der Waals surface area contributed by atoms with E-state index < -0.39 is 0 Å². The van der Waals surface area contributed by atoms with Crippen LogP contribution in [0.15, 0.2) is 57.9 Å². The minimum Gasteiger partial charge on any atom is -0.381 e. The van der Waals surface area contributed by atoms with Crippen LogP contribution >= 0.6 is 15.9 Å². The maximum Gasteiger partial charge on any atom is 0.251 e. The van der Waals surface area contributed by atoms with Crippen LogP contribution in [-0.4, -0.2) is 51.1 Å². The summed E-state index contributed by atoms with van der Waals surface area (Å²) in [5, 5.41) is 7.10. The molecule has 1 unspecified atom stereocenters. The minimum atomic E-state index is -0.368. The van der Waals surface area contributed by atoms with E-state index in [4.69, 9.17) is 5.73 Å². The maximum atomic E-state index is 13.0. The quantitative estimate of drug-likeness (QED) is 0.372. The van der Waals surface area contributed by atoms with Crippen molar-refractivity contribution in [3.8, 4) is 0 Å². The number of H-pyrrole nitrogens is 1. The molecule has 10 heteroatoms. The Balaban J connectivity index is 1.74. The highest BCUT2D eigenvalue weighted by Crippen LogP contribution is 2.16. The molecule has 0 fully saturated rings. The van der Waals surface area contributed by atoms with E-state index >= 15 is 0 Å². The first-order chi connectivity index (χ1) is 16.2. The number of nitrogens with one attached hydrogen (secondary N) is 2. The monoisotopic (exact) mass is 528 g/mol. The summed E-state index contributed by atoms with van der Waals surface area (Å²) in [6.07, 6.45) is 3.69. The topological polar surface area (TPSA) is 126 Å². The van der Waals surface area contributed by atoms with Crippen LogP contribution in [0, 0.1) is 0 Å². The van der Waals surface area contributed by atoms with Crippen molar-refractivity contribution in [2.24, 2.45) is 0 Å². The van der Waals surface area contributed by atoms with Crippen molar-refractivity contribution in [3.63, 3.8) is 0 Å².